The molecule has 0 amide bonds. The van der Waals surface area contributed by atoms with E-state index in [1.54, 1.807) is 9.13 Å². The van der Waals surface area contributed by atoms with Crippen molar-refractivity contribution in [2.75, 3.05) is 0 Å². The summed E-state index contributed by atoms with van der Waals surface area (Å²) in [5, 5.41) is 0.618. The van der Waals surface area contributed by atoms with Crippen molar-refractivity contribution in [2.45, 2.75) is 39.9 Å². The minimum atomic E-state index is -0.146. The number of imidazole rings is 1. The van der Waals surface area contributed by atoms with E-state index in [-0.39, 0.29) is 11.7 Å². The predicted octanol–water partition coefficient (Wildman–Crippen LogP) is 2.52. The van der Waals surface area contributed by atoms with Crippen LogP contribution in [0.5, 0.6) is 0 Å². The van der Waals surface area contributed by atoms with Crippen molar-refractivity contribution in [3.8, 4) is 0 Å². The lowest BCUT2D eigenvalue weighted by Gasteiger charge is -2.09. The molecule has 0 fully saturated rings. The molecule has 0 saturated heterocycles. The molecule has 1 aromatic carbocycles. The highest BCUT2D eigenvalue weighted by molar-refractivity contribution is 6.32. The maximum Gasteiger partial charge on any atom is 0.329 e. The van der Waals surface area contributed by atoms with Crippen molar-refractivity contribution in [1.82, 2.24) is 9.13 Å². The Hall–Kier alpha value is -1.26. The molecule has 0 radical (unpaired) electrons. The van der Waals surface area contributed by atoms with Crippen LogP contribution in [-0.4, -0.2) is 9.13 Å². The maximum atomic E-state index is 12.2. The van der Waals surface area contributed by atoms with Gasteiger partial charge in [-0.1, -0.05) is 11.6 Å². The first-order valence-corrected chi connectivity index (χ1v) is 6.57. The third kappa shape index (κ3) is 1.85. The molecule has 5 heteroatoms. The van der Waals surface area contributed by atoms with E-state index in [0.29, 0.717) is 18.1 Å². The lowest BCUT2D eigenvalue weighted by Crippen LogP contribution is -2.23. The molecule has 0 spiro atoms. The Balaban J connectivity index is 2.88. The minimum absolute atomic E-state index is 0.00731. The van der Waals surface area contributed by atoms with Gasteiger partial charge in [0.15, 0.2) is 0 Å². The van der Waals surface area contributed by atoms with Crippen LogP contribution in [0.2, 0.25) is 5.02 Å². The van der Waals surface area contributed by atoms with Gasteiger partial charge in [-0.2, -0.15) is 0 Å². The van der Waals surface area contributed by atoms with Gasteiger partial charge in [0.25, 0.3) is 0 Å². The van der Waals surface area contributed by atoms with Crippen LogP contribution >= 0.6 is 11.6 Å². The molecule has 18 heavy (non-hydrogen) atoms. The van der Waals surface area contributed by atoms with Gasteiger partial charge in [-0.25, -0.2) is 4.79 Å². The van der Waals surface area contributed by atoms with E-state index in [2.05, 4.69) is 0 Å². The van der Waals surface area contributed by atoms with Crippen molar-refractivity contribution < 1.29 is 0 Å². The number of nitrogens with zero attached hydrogens (tertiary/aromatic N) is 2. The topological polar surface area (TPSA) is 53.0 Å². The highest BCUT2D eigenvalue weighted by Crippen LogP contribution is 2.27. The number of rotatable bonds is 3. The normalized spacial score (nSPS) is 13.2. The third-order valence-electron chi connectivity index (χ3n) is 3.26. The number of halogens is 1. The number of aromatic nitrogens is 2. The molecule has 98 valence electrons. The standard InChI is InChI=1S/C13H18ClN3O/c1-4-16-11-6-9(8(3)15)10(14)7-12(11)17(5-2)13(16)18/h6-8H,4-5,15H2,1-3H3. The van der Waals surface area contributed by atoms with Gasteiger partial charge in [-0.05, 0) is 38.5 Å². The lowest BCUT2D eigenvalue weighted by molar-refractivity contribution is 0.670. The zero-order valence-corrected chi connectivity index (χ0v) is 11.7. The second-order valence-electron chi connectivity index (χ2n) is 4.42. The summed E-state index contributed by atoms with van der Waals surface area (Å²) in [6.07, 6.45) is 0. The second-order valence-corrected chi connectivity index (χ2v) is 4.83. The van der Waals surface area contributed by atoms with Gasteiger partial charge in [-0.15, -0.1) is 0 Å². The van der Waals surface area contributed by atoms with Crippen LogP contribution in [0.3, 0.4) is 0 Å². The van der Waals surface area contributed by atoms with Crippen LogP contribution < -0.4 is 11.4 Å². The SMILES string of the molecule is CCn1c(=O)n(CC)c2cc(C(C)N)c(Cl)cc21. The van der Waals surface area contributed by atoms with E-state index in [1.807, 2.05) is 32.9 Å². The Labute approximate surface area is 111 Å². The summed E-state index contributed by atoms with van der Waals surface area (Å²) in [5.41, 5.74) is 8.56. The zero-order chi connectivity index (χ0) is 13.4. The third-order valence-corrected chi connectivity index (χ3v) is 3.59. The minimum Gasteiger partial charge on any atom is -0.324 e. The summed E-state index contributed by atoms with van der Waals surface area (Å²) in [7, 11) is 0. The molecule has 2 N–H and O–H groups in total. The molecule has 4 nitrogen and oxygen atoms in total. The fraction of sp³-hybridized carbons (Fsp3) is 0.462. The van der Waals surface area contributed by atoms with Crippen LogP contribution in [0.15, 0.2) is 16.9 Å². The highest BCUT2D eigenvalue weighted by Gasteiger charge is 2.15. The molecule has 0 saturated carbocycles. The van der Waals surface area contributed by atoms with Crippen molar-refractivity contribution >= 4 is 22.6 Å². The van der Waals surface area contributed by atoms with Crippen LogP contribution in [-0.2, 0) is 13.1 Å². The number of hydrogen-bond donors (Lipinski definition) is 1. The fourth-order valence-electron chi connectivity index (χ4n) is 2.31. The highest BCUT2D eigenvalue weighted by atomic mass is 35.5. The second kappa shape index (κ2) is 4.78. The number of nitrogens with two attached hydrogens (primary N) is 1. The maximum absolute atomic E-state index is 12.2. The van der Waals surface area contributed by atoms with Gasteiger partial charge in [0.05, 0.1) is 11.0 Å². The van der Waals surface area contributed by atoms with Crippen LogP contribution in [0.1, 0.15) is 32.4 Å². The monoisotopic (exact) mass is 267 g/mol. The molecular weight excluding hydrogens is 250 g/mol. The lowest BCUT2D eigenvalue weighted by atomic mass is 10.1. The Bertz CT molecular complexity index is 640. The van der Waals surface area contributed by atoms with Crippen LogP contribution in [0.4, 0.5) is 0 Å². The molecule has 1 heterocycles. The molecule has 0 aliphatic heterocycles. The van der Waals surface area contributed by atoms with Gasteiger partial charge >= 0.3 is 5.69 Å². The summed E-state index contributed by atoms with van der Waals surface area (Å²) in [6.45, 7) is 7.08. The summed E-state index contributed by atoms with van der Waals surface area (Å²) in [6, 6.07) is 3.62. The van der Waals surface area contributed by atoms with E-state index >= 15 is 0 Å². The molecule has 1 atom stereocenters. The van der Waals surface area contributed by atoms with E-state index < -0.39 is 0 Å². The van der Waals surface area contributed by atoms with Crippen molar-refractivity contribution in [1.29, 1.82) is 0 Å². The number of benzene rings is 1. The van der Waals surface area contributed by atoms with Gasteiger partial charge in [0, 0.05) is 24.2 Å². The smallest absolute Gasteiger partial charge is 0.324 e. The Morgan fingerprint density at radius 1 is 1.22 bits per heavy atom. The summed E-state index contributed by atoms with van der Waals surface area (Å²) < 4.78 is 3.48. The Morgan fingerprint density at radius 2 is 1.72 bits per heavy atom. The molecular formula is C13H18ClN3O. The zero-order valence-electron chi connectivity index (χ0n) is 10.9. The summed E-state index contributed by atoms with van der Waals surface area (Å²) in [5.74, 6) is 0. The van der Waals surface area contributed by atoms with Crippen LogP contribution in [0.25, 0.3) is 11.0 Å². The van der Waals surface area contributed by atoms with E-state index in [4.69, 9.17) is 17.3 Å². The number of aryl methyl sites for hydroxylation is 2. The average molecular weight is 268 g/mol. The Kier molecular flexibility index (Phi) is 3.50. The largest absolute Gasteiger partial charge is 0.329 e. The van der Waals surface area contributed by atoms with E-state index in [9.17, 15) is 4.79 Å². The quantitative estimate of drug-likeness (QED) is 0.929. The van der Waals surface area contributed by atoms with Gasteiger partial charge in [-0.3, -0.25) is 9.13 Å². The fourth-order valence-corrected chi connectivity index (χ4v) is 2.64. The predicted molar refractivity (Wildman–Crippen MR) is 75.2 cm³/mol. The first-order valence-electron chi connectivity index (χ1n) is 6.19. The summed E-state index contributed by atoms with van der Waals surface area (Å²) in [4.78, 5) is 12.2. The molecule has 2 rings (SSSR count). The van der Waals surface area contributed by atoms with E-state index in [0.717, 1.165) is 16.6 Å². The van der Waals surface area contributed by atoms with E-state index in [1.165, 1.54) is 0 Å². The van der Waals surface area contributed by atoms with Crippen molar-refractivity contribution in [2.24, 2.45) is 5.73 Å². The average Bonchev–Trinajstić information content (AvgIpc) is 2.58. The molecule has 0 bridgehead atoms. The van der Waals surface area contributed by atoms with Gasteiger partial charge in [0.2, 0.25) is 0 Å². The molecule has 0 aliphatic rings. The van der Waals surface area contributed by atoms with Gasteiger partial charge < -0.3 is 5.73 Å². The van der Waals surface area contributed by atoms with Crippen molar-refractivity contribution in [3.63, 3.8) is 0 Å². The first kappa shape index (κ1) is 13.2. The number of hydrogen-bond acceptors (Lipinski definition) is 2. The van der Waals surface area contributed by atoms with Gasteiger partial charge in [0.1, 0.15) is 0 Å². The molecule has 1 unspecified atom stereocenters. The van der Waals surface area contributed by atoms with Crippen molar-refractivity contribution in [3.05, 3.63) is 33.2 Å². The Morgan fingerprint density at radius 3 is 2.17 bits per heavy atom. The number of fused-ring (bicyclic) bond motifs is 1. The molecule has 0 aliphatic carbocycles. The first-order chi connectivity index (χ1) is 8.51. The molecule has 2 aromatic rings. The van der Waals surface area contributed by atoms with Crippen LogP contribution in [0, 0.1) is 0 Å². The molecule has 1 aromatic heterocycles. The summed E-state index contributed by atoms with van der Waals surface area (Å²) >= 11 is 6.23.